The van der Waals surface area contributed by atoms with Crippen molar-refractivity contribution in [3.05, 3.63) is 53.1 Å². The fraction of sp³-hybridized carbons (Fsp3) is 0.444. The Kier molecular flexibility index (Phi) is 4.68. The van der Waals surface area contributed by atoms with Gasteiger partial charge >= 0.3 is 0 Å². The van der Waals surface area contributed by atoms with Gasteiger partial charge in [0.2, 0.25) is 0 Å². The van der Waals surface area contributed by atoms with E-state index in [1.807, 2.05) is 6.92 Å². The number of benzene rings is 1. The zero-order chi connectivity index (χ0) is 15.4. The summed E-state index contributed by atoms with van der Waals surface area (Å²) in [5, 5.41) is 12.0. The van der Waals surface area contributed by atoms with Gasteiger partial charge in [-0.15, -0.1) is 10.2 Å². The molecular weight excluding hydrogens is 272 g/mol. The van der Waals surface area contributed by atoms with Gasteiger partial charge in [-0.05, 0) is 38.3 Å². The number of hydrogen-bond acceptors (Lipinski definition) is 3. The number of hydrogen-bond donors (Lipinski definition) is 1. The highest BCUT2D eigenvalue weighted by Gasteiger charge is 2.20. The zero-order valence-electron chi connectivity index (χ0n) is 13.4. The lowest BCUT2D eigenvalue weighted by Crippen LogP contribution is -2.31. The number of nitrogens with zero attached hydrogens (tertiary/aromatic N) is 3. The largest absolute Gasteiger partial charge is 0.315 e. The maximum absolute atomic E-state index is 4.23. The van der Waals surface area contributed by atoms with Crippen molar-refractivity contribution in [2.24, 2.45) is 5.92 Å². The minimum atomic E-state index is 0.673. The molecule has 0 unspecified atom stereocenters. The quantitative estimate of drug-likeness (QED) is 0.922. The summed E-state index contributed by atoms with van der Waals surface area (Å²) in [7, 11) is 0. The molecule has 0 saturated carbocycles. The second-order valence-electron chi connectivity index (χ2n) is 6.21. The van der Waals surface area contributed by atoms with Gasteiger partial charge in [0.15, 0.2) is 0 Å². The van der Waals surface area contributed by atoms with Gasteiger partial charge in [0.05, 0.1) is 0 Å². The van der Waals surface area contributed by atoms with Crippen molar-refractivity contribution in [1.29, 1.82) is 0 Å². The Morgan fingerprint density at radius 3 is 2.95 bits per heavy atom. The van der Waals surface area contributed by atoms with Crippen LogP contribution in [0.1, 0.15) is 30.6 Å². The van der Waals surface area contributed by atoms with Crippen LogP contribution in [0, 0.1) is 12.8 Å². The van der Waals surface area contributed by atoms with Crippen LogP contribution in [-0.4, -0.2) is 27.9 Å². The second-order valence-corrected chi connectivity index (χ2v) is 6.21. The van der Waals surface area contributed by atoms with Gasteiger partial charge in [0, 0.05) is 19.5 Å². The Morgan fingerprint density at radius 1 is 1.32 bits per heavy atom. The highest BCUT2D eigenvalue weighted by atomic mass is 15.3. The van der Waals surface area contributed by atoms with E-state index in [-0.39, 0.29) is 0 Å². The summed E-state index contributed by atoms with van der Waals surface area (Å²) >= 11 is 0. The third-order valence-electron chi connectivity index (χ3n) is 4.28. The van der Waals surface area contributed by atoms with Crippen LogP contribution < -0.4 is 5.32 Å². The molecular formula is C18H24N4. The van der Waals surface area contributed by atoms with E-state index < -0.39 is 0 Å². The Hall–Kier alpha value is -1.94. The van der Waals surface area contributed by atoms with Crippen LogP contribution in [0.15, 0.2) is 35.9 Å². The molecule has 0 amide bonds. The van der Waals surface area contributed by atoms with Gasteiger partial charge in [-0.2, -0.15) is 0 Å². The molecule has 4 heteroatoms. The van der Waals surface area contributed by atoms with Gasteiger partial charge in [-0.1, -0.05) is 42.0 Å². The molecule has 0 radical (unpaired) electrons. The molecule has 2 aromatic rings. The highest BCUT2D eigenvalue weighted by molar-refractivity contribution is 5.52. The lowest BCUT2D eigenvalue weighted by molar-refractivity contribution is 0.348. The molecule has 1 aromatic heterocycles. The predicted molar refractivity (Wildman–Crippen MR) is 89.5 cm³/mol. The van der Waals surface area contributed by atoms with E-state index in [4.69, 9.17) is 0 Å². The summed E-state index contributed by atoms with van der Waals surface area (Å²) < 4.78 is 2.27. The van der Waals surface area contributed by atoms with Crippen LogP contribution in [0.5, 0.6) is 0 Å². The maximum atomic E-state index is 4.23. The molecule has 1 atom stereocenters. The van der Waals surface area contributed by atoms with E-state index in [9.17, 15) is 0 Å². The van der Waals surface area contributed by atoms with E-state index in [1.54, 1.807) is 0 Å². The predicted octanol–water partition coefficient (Wildman–Crippen LogP) is 2.84. The Morgan fingerprint density at radius 2 is 2.14 bits per heavy atom. The molecule has 1 aliphatic heterocycles. The maximum Gasteiger partial charge on any atom is 0.133 e. The molecule has 0 bridgehead atoms. The van der Waals surface area contributed by atoms with E-state index in [0.717, 1.165) is 37.7 Å². The molecule has 0 saturated heterocycles. The molecule has 2 heterocycles. The van der Waals surface area contributed by atoms with Gasteiger partial charge < -0.3 is 9.88 Å². The first-order chi connectivity index (χ1) is 10.7. The summed E-state index contributed by atoms with van der Waals surface area (Å²) in [6.07, 6.45) is 4.49. The minimum Gasteiger partial charge on any atom is -0.315 e. The third-order valence-corrected chi connectivity index (χ3v) is 4.28. The van der Waals surface area contributed by atoms with Gasteiger partial charge in [-0.3, -0.25) is 0 Å². The number of nitrogens with one attached hydrogen (secondary N) is 1. The Bertz CT molecular complexity index is 642. The number of aryl methyl sites for hydroxylation is 2. The monoisotopic (exact) mass is 296 g/mol. The van der Waals surface area contributed by atoms with Crippen LogP contribution in [0.2, 0.25) is 0 Å². The first kappa shape index (κ1) is 15.0. The van der Waals surface area contributed by atoms with E-state index >= 15 is 0 Å². The molecule has 0 fully saturated rings. The molecule has 0 aliphatic carbocycles. The summed E-state index contributed by atoms with van der Waals surface area (Å²) in [6.45, 7) is 7.26. The van der Waals surface area contributed by atoms with Gasteiger partial charge in [0.1, 0.15) is 11.6 Å². The van der Waals surface area contributed by atoms with E-state index in [2.05, 4.69) is 63.4 Å². The lowest BCUT2D eigenvalue weighted by atomic mass is 9.99. The van der Waals surface area contributed by atoms with E-state index in [1.165, 1.54) is 17.6 Å². The smallest absolute Gasteiger partial charge is 0.133 e. The topological polar surface area (TPSA) is 42.7 Å². The Labute approximate surface area is 132 Å². The summed E-state index contributed by atoms with van der Waals surface area (Å²) in [5.41, 5.74) is 2.63. The van der Waals surface area contributed by atoms with E-state index in [0.29, 0.717) is 5.92 Å². The molecule has 4 nitrogen and oxygen atoms in total. The van der Waals surface area contributed by atoms with Crippen molar-refractivity contribution in [2.45, 2.75) is 33.2 Å². The van der Waals surface area contributed by atoms with Crippen LogP contribution in [0.3, 0.4) is 0 Å². The van der Waals surface area contributed by atoms with Crippen LogP contribution in [0.25, 0.3) is 6.08 Å². The van der Waals surface area contributed by atoms with Gasteiger partial charge in [0.25, 0.3) is 0 Å². The summed E-state index contributed by atoms with van der Waals surface area (Å²) in [4.78, 5) is 0. The molecule has 116 valence electrons. The number of aromatic nitrogens is 3. The zero-order valence-corrected chi connectivity index (χ0v) is 13.4. The van der Waals surface area contributed by atoms with Crippen molar-refractivity contribution in [1.82, 2.24) is 20.1 Å². The fourth-order valence-corrected chi connectivity index (χ4v) is 3.05. The SMILES string of the molecule is C/C(=C/c1ccccc1)CNC[C@H]1CCc2nnc(C)n2C1. The molecule has 3 rings (SSSR count). The summed E-state index contributed by atoms with van der Waals surface area (Å²) in [6, 6.07) is 10.5. The summed E-state index contributed by atoms with van der Waals surface area (Å²) in [5.74, 6) is 2.86. The average Bonchev–Trinajstić information content (AvgIpc) is 2.89. The Balaban J connectivity index is 1.48. The number of rotatable bonds is 5. The molecule has 0 spiro atoms. The second kappa shape index (κ2) is 6.88. The fourth-order valence-electron chi connectivity index (χ4n) is 3.05. The van der Waals surface area contributed by atoms with Crippen molar-refractivity contribution in [3.63, 3.8) is 0 Å². The van der Waals surface area contributed by atoms with Crippen molar-refractivity contribution in [3.8, 4) is 0 Å². The average molecular weight is 296 g/mol. The van der Waals surface area contributed by atoms with Gasteiger partial charge in [-0.25, -0.2) is 0 Å². The normalized spacial score (nSPS) is 18.3. The number of fused-ring (bicyclic) bond motifs is 1. The third kappa shape index (κ3) is 3.63. The molecule has 1 N–H and O–H groups in total. The standard InChI is InChI=1S/C18H24N4/c1-14(10-16-6-4-3-5-7-16)11-19-12-17-8-9-18-21-20-15(2)22(18)13-17/h3-7,10,17,19H,8-9,11-13H2,1-2H3/b14-10-/t17-/m1/s1. The first-order valence-corrected chi connectivity index (χ1v) is 8.04. The van der Waals surface area contributed by atoms with Crippen LogP contribution in [0.4, 0.5) is 0 Å². The van der Waals surface area contributed by atoms with Crippen LogP contribution >= 0.6 is 0 Å². The molecule has 22 heavy (non-hydrogen) atoms. The van der Waals surface area contributed by atoms with Crippen molar-refractivity contribution >= 4 is 6.08 Å². The van der Waals surface area contributed by atoms with Crippen molar-refractivity contribution in [2.75, 3.05) is 13.1 Å². The first-order valence-electron chi connectivity index (χ1n) is 8.04. The highest BCUT2D eigenvalue weighted by Crippen LogP contribution is 2.19. The van der Waals surface area contributed by atoms with Crippen LogP contribution in [-0.2, 0) is 13.0 Å². The molecule has 1 aliphatic rings. The lowest BCUT2D eigenvalue weighted by Gasteiger charge is -2.24. The minimum absolute atomic E-state index is 0.673. The molecule has 1 aromatic carbocycles. The van der Waals surface area contributed by atoms with Crippen molar-refractivity contribution < 1.29 is 0 Å².